The third-order valence-corrected chi connectivity index (χ3v) is 4.82. The summed E-state index contributed by atoms with van der Waals surface area (Å²) < 4.78 is 0. The lowest BCUT2D eigenvalue weighted by molar-refractivity contribution is 0.314. The minimum absolute atomic E-state index is 0.586. The van der Waals surface area contributed by atoms with Crippen LogP contribution in [0.4, 0.5) is 11.6 Å². The first kappa shape index (κ1) is 14.9. The predicted molar refractivity (Wildman–Crippen MR) is 90.4 cm³/mol. The van der Waals surface area contributed by atoms with Crippen molar-refractivity contribution in [2.75, 3.05) is 54.9 Å². The molecule has 2 heterocycles. The van der Waals surface area contributed by atoms with Crippen molar-refractivity contribution in [2.45, 2.75) is 25.7 Å². The molecule has 21 heavy (non-hydrogen) atoms. The molecule has 1 saturated heterocycles. The van der Waals surface area contributed by atoms with Crippen LogP contribution in [0.2, 0.25) is 0 Å². The van der Waals surface area contributed by atoms with Gasteiger partial charge in [0, 0.05) is 56.2 Å². The van der Waals surface area contributed by atoms with E-state index in [0.717, 1.165) is 37.1 Å². The fraction of sp³-hybridized carbons (Fsp3) is 0.733. The van der Waals surface area contributed by atoms with Gasteiger partial charge in [-0.3, -0.25) is 4.90 Å². The molecule has 116 valence electrons. The summed E-state index contributed by atoms with van der Waals surface area (Å²) in [6, 6.07) is 2.03. The van der Waals surface area contributed by atoms with E-state index in [1.54, 1.807) is 0 Å². The second kappa shape index (κ2) is 7.31. The van der Waals surface area contributed by atoms with Crippen molar-refractivity contribution in [3.63, 3.8) is 0 Å². The smallest absolute Gasteiger partial charge is 0.136 e. The third kappa shape index (κ3) is 4.48. The molecule has 1 aliphatic heterocycles. The van der Waals surface area contributed by atoms with Crippen molar-refractivity contribution in [2.24, 2.45) is 0 Å². The highest BCUT2D eigenvalue weighted by molar-refractivity contribution is 7.99. The SMILES string of the molecule is CCNc1cc(NCCN2CCSCC2)nc(C2CC2)n1. The zero-order chi connectivity index (χ0) is 14.5. The first-order valence-corrected chi connectivity index (χ1v) is 9.17. The maximum Gasteiger partial charge on any atom is 0.136 e. The molecule has 0 radical (unpaired) electrons. The second-order valence-electron chi connectivity index (χ2n) is 5.68. The average Bonchev–Trinajstić information content (AvgIpc) is 3.33. The highest BCUT2D eigenvalue weighted by atomic mass is 32.2. The molecule has 0 spiro atoms. The van der Waals surface area contributed by atoms with Crippen LogP contribution in [-0.4, -0.2) is 59.1 Å². The molecule has 1 aliphatic carbocycles. The first-order chi connectivity index (χ1) is 10.3. The molecule has 0 unspecified atom stereocenters. The summed E-state index contributed by atoms with van der Waals surface area (Å²) in [6.45, 7) is 7.47. The Labute approximate surface area is 131 Å². The molecule has 3 rings (SSSR count). The number of anilines is 2. The summed E-state index contributed by atoms with van der Waals surface area (Å²) in [6.07, 6.45) is 2.47. The van der Waals surface area contributed by atoms with Crippen LogP contribution in [0.5, 0.6) is 0 Å². The fourth-order valence-corrected chi connectivity index (χ4v) is 3.50. The molecule has 2 aliphatic rings. The zero-order valence-corrected chi connectivity index (χ0v) is 13.6. The van der Waals surface area contributed by atoms with Crippen molar-refractivity contribution in [3.05, 3.63) is 11.9 Å². The average molecular weight is 307 g/mol. The summed E-state index contributed by atoms with van der Waals surface area (Å²) in [5.74, 6) is 6.04. The zero-order valence-electron chi connectivity index (χ0n) is 12.8. The van der Waals surface area contributed by atoms with Gasteiger partial charge in [-0.2, -0.15) is 11.8 Å². The molecule has 0 bridgehead atoms. The standard InChI is InChI=1S/C15H25N5S/c1-2-16-13-11-14(19-15(18-13)12-3-4-12)17-5-6-20-7-9-21-10-8-20/h11-12H,2-10H2,1H3,(H2,16,17,18,19). The van der Waals surface area contributed by atoms with Crippen LogP contribution in [-0.2, 0) is 0 Å². The number of nitrogens with zero attached hydrogens (tertiary/aromatic N) is 3. The topological polar surface area (TPSA) is 53.1 Å². The molecule has 0 atom stereocenters. The van der Waals surface area contributed by atoms with Crippen LogP contribution >= 0.6 is 11.8 Å². The van der Waals surface area contributed by atoms with Gasteiger partial charge in [-0.1, -0.05) is 0 Å². The Hall–Kier alpha value is -1.01. The van der Waals surface area contributed by atoms with Crippen molar-refractivity contribution < 1.29 is 0 Å². The quantitative estimate of drug-likeness (QED) is 0.806. The maximum atomic E-state index is 4.68. The molecule has 1 saturated carbocycles. The highest BCUT2D eigenvalue weighted by Crippen LogP contribution is 2.38. The van der Waals surface area contributed by atoms with Crippen LogP contribution in [0.3, 0.4) is 0 Å². The molecular formula is C15H25N5S. The lowest BCUT2D eigenvalue weighted by Gasteiger charge is -2.26. The van der Waals surface area contributed by atoms with Gasteiger partial charge in [0.05, 0.1) is 0 Å². The number of nitrogens with one attached hydrogen (secondary N) is 2. The highest BCUT2D eigenvalue weighted by Gasteiger charge is 2.27. The van der Waals surface area contributed by atoms with Gasteiger partial charge in [0.1, 0.15) is 17.5 Å². The molecule has 1 aromatic rings. The number of hydrogen-bond acceptors (Lipinski definition) is 6. The van der Waals surface area contributed by atoms with Crippen LogP contribution < -0.4 is 10.6 Å². The third-order valence-electron chi connectivity index (χ3n) is 3.88. The lowest BCUT2D eigenvalue weighted by atomic mass is 10.3. The maximum absolute atomic E-state index is 4.68. The number of rotatable bonds is 7. The van der Waals surface area contributed by atoms with Crippen LogP contribution in [0.15, 0.2) is 6.07 Å². The Morgan fingerprint density at radius 2 is 1.90 bits per heavy atom. The largest absolute Gasteiger partial charge is 0.370 e. The lowest BCUT2D eigenvalue weighted by Crippen LogP contribution is -2.36. The van der Waals surface area contributed by atoms with Crippen LogP contribution in [0, 0.1) is 0 Å². The Kier molecular flexibility index (Phi) is 5.19. The summed E-state index contributed by atoms with van der Waals surface area (Å²) in [4.78, 5) is 11.8. The minimum atomic E-state index is 0.586. The van der Waals surface area contributed by atoms with E-state index >= 15 is 0 Å². The van der Waals surface area contributed by atoms with Gasteiger partial charge in [-0.25, -0.2) is 9.97 Å². The van der Waals surface area contributed by atoms with Crippen molar-refractivity contribution in [1.82, 2.24) is 14.9 Å². The molecule has 1 aromatic heterocycles. The molecule has 0 aromatic carbocycles. The van der Waals surface area contributed by atoms with Crippen LogP contribution in [0.1, 0.15) is 31.5 Å². The first-order valence-electron chi connectivity index (χ1n) is 8.02. The van der Waals surface area contributed by atoms with Crippen LogP contribution in [0.25, 0.3) is 0 Å². The summed E-state index contributed by atoms with van der Waals surface area (Å²) >= 11 is 2.06. The van der Waals surface area contributed by atoms with Gasteiger partial charge in [0.15, 0.2) is 0 Å². The Morgan fingerprint density at radius 3 is 2.57 bits per heavy atom. The number of aromatic nitrogens is 2. The van der Waals surface area contributed by atoms with E-state index in [2.05, 4.69) is 44.2 Å². The molecule has 6 heteroatoms. The molecule has 5 nitrogen and oxygen atoms in total. The minimum Gasteiger partial charge on any atom is -0.370 e. The van der Waals surface area contributed by atoms with E-state index < -0.39 is 0 Å². The Bertz CT molecular complexity index is 457. The van der Waals surface area contributed by atoms with E-state index in [9.17, 15) is 0 Å². The van der Waals surface area contributed by atoms with E-state index in [-0.39, 0.29) is 0 Å². The van der Waals surface area contributed by atoms with E-state index in [1.165, 1.54) is 37.4 Å². The van der Waals surface area contributed by atoms with E-state index in [1.807, 2.05) is 6.07 Å². The van der Waals surface area contributed by atoms with Gasteiger partial charge in [-0.15, -0.1) is 0 Å². The predicted octanol–water partition coefficient (Wildman–Crippen LogP) is 2.25. The van der Waals surface area contributed by atoms with Gasteiger partial charge in [-0.05, 0) is 19.8 Å². The normalized spacial score (nSPS) is 19.5. The second-order valence-corrected chi connectivity index (χ2v) is 6.91. The van der Waals surface area contributed by atoms with Gasteiger partial charge >= 0.3 is 0 Å². The Balaban J connectivity index is 1.55. The summed E-state index contributed by atoms with van der Waals surface area (Å²) in [5, 5.41) is 6.78. The van der Waals surface area contributed by atoms with Crippen molar-refractivity contribution in [1.29, 1.82) is 0 Å². The molecular weight excluding hydrogens is 282 g/mol. The van der Waals surface area contributed by atoms with E-state index in [4.69, 9.17) is 0 Å². The molecule has 2 fully saturated rings. The number of hydrogen-bond donors (Lipinski definition) is 2. The number of thioether (sulfide) groups is 1. The van der Waals surface area contributed by atoms with Gasteiger partial charge < -0.3 is 10.6 Å². The monoisotopic (exact) mass is 307 g/mol. The fourth-order valence-electron chi connectivity index (χ4n) is 2.52. The van der Waals surface area contributed by atoms with E-state index in [0.29, 0.717) is 5.92 Å². The summed E-state index contributed by atoms with van der Waals surface area (Å²) in [7, 11) is 0. The Morgan fingerprint density at radius 1 is 1.19 bits per heavy atom. The summed E-state index contributed by atoms with van der Waals surface area (Å²) in [5.41, 5.74) is 0. The van der Waals surface area contributed by atoms with Gasteiger partial charge in [0.25, 0.3) is 0 Å². The molecule has 0 amide bonds. The molecule has 2 N–H and O–H groups in total. The van der Waals surface area contributed by atoms with Crippen molar-refractivity contribution >= 4 is 23.4 Å². The van der Waals surface area contributed by atoms with Gasteiger partial charge in [0.2, 0.25) is 0 Å². The van der Waals surface area contributed by atoms with Crippen molar-refractivity contribution in [3.8, 4) is 0 Å².